The van der Waals surface area contributed by atoms with Crippen molar-refractivity contribution in [3.63, 3.8) is 0 Å². The van der Waals surface area contributed by atoms with Gasteiger partial charge in [-0.1, -0.05) is 32.0 Å². The number of furan rings is 1. The van der Waals surface area contributed by atoms with E-state index >= 15 is 0 Å². The topological polar surface area (TPSA) is 83.8 Å². The van der Waals surface area contributed by atoms with Gasteiger partial charge in [0.25, 0.3) is 5.91 Å². The van der Waals surface area contributed by atoms with E-state index in [1.807, 2.05) is 45.0 Å². The summed E-state index contributed by atoms with van der Waals surface area (Å²) >= 11 is 0. The van der Waals surface area contributed by atoms with Crippen molar-refractivity contribution in [3.05, 3.63) is 47.7 Å². The van der Waals surface area contributed by atoms with Crippen LogP contribution in [0.4, 0.5) is 0 Å². The SMILES string of the molecule is Cc1nc([C@H](NC(=O)c2cc3ccccc3o2)C(C)C)n[nH]1. The highest BCUT2D eigenvalue weighted by Gasteiger charge is 2.24. The quantitative estimate of drug-likeness (QED) is 0.775. The summed E-state index contributed by atoms with van der Waals surface area (Å²) in [6.07, 6.45) is 0. The van der Waals surface area contributed by atoms with E-state index in [9.17, 15) is 4.79 Å². The number of rotatable bonds is 4. The third-order valence-corrected chi connectivity index (χ3v) is 3.50. The molecule has 22 heavy (non-hydrogen) atoms. The van der Waals surface area contributed by atoms with E-state index in [0.717, 1.165) is 11.2 Å². The van der Waals surface area contributed by atoms with Crippen LogP contribution in [0.2, 0.25) is 0 Å². The number of aromatic nitrogens is 3. The summed E-state index contributed by atoms with van der Waals surface area (Å²) in [6.45, 7) is 5.85. The van der Waals surface area contributed by atoms with Gasteiger partial charge in [-0.25, -0.2) is 4.98 Å². The van der Waals surface area contributed by atoms with E-state index in [1.54, 1.807) is 6.07 Å². The van der Waals surface area contributed by atoms with Crippen molar-refractivity contribution in [1.29, 1.82) is 0 Å². The maximum atomic E-state index is 12.4. The smallest absolute Gasteiger partial charge is 0.287 e. The van der Waals surface area contributed by atoms with Crippen LogP contribution in [0.1, 0.15) is 42.1 Å². The van der Waals surface area contributed by atoms with E-state index in [-0.39, 0.29) is 17.9 Å². The maximum absolute atomic E-state index is 12.4. The summed E-state index contributed by atoms with van der Waals surface area (Å²) in [4.78, 5) is 16.7. The molecule has 0 radical (unpaired) electrons. The third-order valence-electron chi connectivity index (χ3n) is 3.50. The number of H-pyrrole nitrogens is 1. The Kier molecular flexibility index (Phi) is 3.66. The number of aryl methyl sites for hydroxylation is 1. The summed E-state index contributed by atoms with van der Waals surface area (Å²) < 4.78 is 5.59. The molecule has 114 valence electrons. The normalized spacial score (nSPS) is 12.7. The first-order valence-electron chi connectivity index (χ1n) is 7.23. The van der Waals surface area contributed by atoms with Gasteiger partial charge in [0, 0.05) is 5.39 Å². The van der Waals surface area contributed by atoms with Gasteiger partial charge in [0.15, 0.2) is 11.6 Å². The standard InChI is InChI=1S/C16H18N4O2/c1-9(2)14(15-17-10(3)19-20-15)18-16(21)13-8-11-6-4-5-7-12(11)22-13/h4-9,14H,1-3H3,(H,18,21)(H,17,19,20)/t14-/m1/s1. The largest absolute Gasteiger partial charge is 0.451 e. The maximum Gasteiger partial charge on any atom is 0.287 e. The van der Waals surface area contributed by atoms with Crippen molar-refractivity contribution in [3.8, 4) is 0 Å². The zero-order chi connectivity index (χ0) is 15.7. The first kappa shape index (κ1) is 14.3. The Morgan fingerprint density at radius 2 is 2.09 bits per heavy atom. The zero-order valence-corrected chi connectivity index (χ0v) is 12.8. The summed E-state index contributed by atoms with van der Waals surface area (Å²) in [5.74, 6) is 1.48. The Morgan fingerprint density at radius 1 is 1.32 bits per heavy atom. The Labute approximate surface area is 127 Å². The molecule has 0 saturated carbocycles. The molecule has 0 aliphatic heterocycles. The van der Waals surface area contributed by atoms with Crippen molar-refractivity contribution in [2.45, 2.75) is 26.8 Å². The minimum Gasteiger partial charge on any atom is -0.451 e. The molecule has 0 bridgehead atoms. The monoisotopic (exact) mass is 298 g/mol. The van der Waals surface area contributed by atoms with E-state index in [2.05, 4.69) is 20.5 Å². The summed E-state index contributed by atoms with van der Waals surface area (Å²) in [5.41, 5.74) is 0.697. The van der Waals surface area contributed by atoms with Gasteiger partial charge < -0.3 is 9.73 Å². The number of benzene rings is 1. The molecule has 1 aromatic carbocycles. The van der Waals surface area contributed by atoms with E-state index < -0.39 is 0 Å². The molecule has 2 N–H and O–H groups in total. The third kappa shape index (κ3) is 2.72. The first-order valence-corrected chi connectivity index (χ1v) is 7.23. The molecule has 3 rings (SSSR count). The van der Waals surface area contributed by atoms with Crippen LogP contribution < -0.4 is 5.32 Å². The fourth-order valence-electron chi connectivity index (χ4n) is 2.33. The molecular formula is C16H18N4O2. The lowest BCUT2D eigenvalue weighted by Gasteiger charge is -2.18. The molecular weight excluding hydrogens is 280 g/mol. The van der Waals surface area contributed by atoms with Crippen LogP contribution in [-0.2, 0) is 0 Å². The van der Waals surface area contributed by atoms with Crippen molar-refractivity contribution >= 4 is 16.9 Å². The first-order chi connectivity index (χ1) is 10.5. The lowest BCUT2D eigenvalue weighted by atomic mass is 10.0. The number of para-hydroxylation sites is 1. The van der Waals surface area contributed by atoms with Gasteiger partial charge in [-0.15, -0.1) is 0 Å². The molecule has 0 aliphatic rings. The number of carbonyl (C=O) groups excluding carboxylic acids is 1. The number of fused-ring (bicyclic) bond motifs is 1. The predicted octanol–water partition coefficient (Wildman–Crippen LogP) is 2.99. The fourth-order valence-corrected chi connectivity index (χ4v) is 2.33. The van der Waals surface area contributed by atoms with Crippen molar-refractivity contribution in [1.82, 2.24) is 20.5 Å². The highest BCUT2D eigenvalue weighted by Crippen LogP contribution is 2.22. The van der Waals surface area contributed by atoms with Gasteiger partial charge in [0.2, 0.25) is 0 Å². The minimum absolute atomic E-state index is 0.156. The molecule has 0 spiro atoms. The lowest BCUT2D eigenvalue weighted by Crippen LogP contribution is -2.32. The van der Waals surface area contributed by atoms with Crippen LogP contribution in [0.25, 0.3) is 11.0 Å². The lowest BCUT2D eigenvalue weighted by molar-refractivity contribution is 0.0897. The highest BCUT2D eigenvalue weighted by molar-refractivity contribution is 5.96. The van der Waals surface area contributed by atoms with Gasteiger partial charge in [0.1, 0.15) is 11.4 Å². The summed E-state index contributed by atoms with van der Waals surface area (Å²) in [7, 11) is 0. The van der Waals surface area contributed by atoms with Crippen LogP contribution in [0.5, 0.6) is 0 Å². The molecule has 0 aliphatic carbocycles. The molecule has 2 aromatic heterocycles. The van der Waals surface area contributed by atoms with E-state index in [1.165, 1.54) is 0 Å². The summed E-state index contributed by atoms with van der Waals surface area (Å²) in [5, 5.41) is 10.8. The number of hydrogen-bond donors (Lipinski definition) is 2. The van der Waals surface area contributed by atoms with Crippen LogP contribution in [0, 0.1) is 12.8 Å². The van der Waals surface area contributed by atoms with Gasteiger partial charge in [-0.05, 0) is 25.0 Å². The van der Waals surface area contributed by atoms with Gasteiger partial charge >= 0.3 is 0 Å². The van der Waals surface area contributed by atoms with E-state index in [0.29, 0.717) is 17.2 Å². The van der Waals surface area contributed by atoms with E-state index in [4.69, 9.17) is 4.42 Å². The highest BCUT2D eigenvalue weighted by atomic mass is 16.3. The average Bonchev–Trinajstić information content (AvgIpc) is 3.10. The number of aromatic amines is 1. The Morgan fingerprint density at radius 3 is 2.73 bits per heavy atom. The Hall–Kier alpha value is -2.63. The van der Waals surface area contributed by atoms with Gasteiger partial charge in [-0.2, -0.15) is 5.10 Å². The molecule has 2 heterocycles. The zero-order valence-electron chi connectivity index (χ0n) is 12.8. The summed E-state index contributed by atoms with van der Waals surface area (Å²) in [6, 6.07) is 9.00. The molecule has 6 nitrogen and oxygen atoms in total. The van der Waals surface area contributed by atoms with Crippen molar-refractivity contribution < 1.29 is 9.21 Å². The molecule has 3 aromatic rings. The van der Waals surface area contributed by atoms with Crippen LogP contribution in [-0.4, -0.2) is 21.1 Å². The predicted molar refractivity (Wildman–Crippen MR) is 82.4 cm³/mol. The van der Waals surface area contributed by atoms with Gasteiger partial charge in [0.05, 0.1) is 6.04 Å². The fraction of sp³-hybridized carbons (Fsp3) is 0.312. The van der Waals surface area contributed by atoms with Gasteiger partial charge in [-0.3, -0.25) is 9.89 Å². The molecule has 0 fully saturated rings. The number of nitrogens with one attached hydrogen (secondary N) is 2. The van der Waals surface area contributed by atoms with Crippen LogP contribution >= 0.6 is 0 Å². The molecule has 6 heteroatoms. The minimum atomic E-state index is -0.273. The number of nitrogens with zero attached hydrogens (tertiary/aromatic N) is 2. The molecule has 0 saturated heterocycles. The Bertz CT molecular complexity index is 770. The second kappa shape index (κ2) is 5.63. The van der Waals surface area contributed by atoms with Crippen LogP contribution in [0.3, 0.4) is 0 Å². The number of hydrogen-bond acceptors (Lipinski definition) is 4. The second-order valence-electron chi connectivity index (χ2n) is 5.62. The molecule has 0 unspecified atom stereocenters. The molecule has 1 amide bonds. The van der Waals surface area contributed by atoms with Crippen molar-refractivity contribution in [2.75, 3.05) is 0 Å². The number of carbonyl (C=O) groups is 1. The second-order valence-corrected chi connectivity index (χ2v) is 5.62. The van der Waals surface area contributed by atoms with Crippen molar-refractivity contribution in [2.24, 2.45) is 5.92 Å². The average molecular weight is 298 g/mol. The molecule has 1 atom stereocenters. The van der Waals surface area contributed by atoms with Crippen LogP contribution in [0.15, 0.2) is 34.7 Å². The number of amides is 1. The Balaban J connectivity index is 1.84.